The van der Waals surface area contributed by atoms with E-state index in [2.05, 4.69) is 42.2 Å². The summed E-state index contributed by atoms with van der Waals surface area (Å²) < 4.78 is 4.17. The van der Waals surface area contributed by atoms with Crippen LogP contribution in [0.3, 0.4) is 0 Å². The van der Waals surface area contributed by atoms with E-state index in [0.717, 1.165) is 53.8 Å². The number of fused-ring (bicyclic) bond motifs is 1. The molecule has 1 aliphatic rings. The molecule has 1 saturated carbocycles. The van der Waals surface area contributed by atoms with Gasteiger partial charge in [0, 0.05) is 37.0 Å². The van der Waals surface area contributed by atoms with E-state index in [1.165, 1.54) is 0 Å². The van der Waals surface area contributed by atoms with Crippen LogP contribution in [0.4, 0.5) is 0 Å². The zero-order valence-electron chi connectivity index (χ0n) is 18.2. The van der Waals surface area contributed by atoms with E-state index in [9.17, 15) is 4.79 Å². The molecular weight excluding hydrogens is 402 g/mol. The first kappa shape index (κ1) is 20.4. The van der Waals surface area contributed by atoms with Crippen molar-refractivity contribution in [2.45, 2.75) is 57.7 Å². The smallest absolute Gasteiger partial charge is 0.222 e. The molecule has 1 aromatic carbocycles. The summed E-state index contributed by atoms with van der Waals surface area (Å²) in [6.45, 7) is 2.64. The molecule has 3 heterocycles. The SMILES string of the molecule is Cc1nc2ccccc2n1CCC(=O)NC1CCC(n2cc(-c3ccncn3)cn2)CC1. The highest BCUT2D eigenvalue weighted by atomic mass is 16.1. The minimum absolute atomic E-state index is 0.107. The van der Waals surface area contributed by atoms with Gasteiger partial charge in [0.05, 0.1) is 29.0 Å². The molecule has 0 radical (unpaired) electrons. The standard InChI is InChI=1S/C24H27N7O/c1-17-28-22-4-2-3-5-23(22)30(17)13-11-24(32)29-19-6-8-20(9-7-19)31-15-18(14-27-31)21-10-12-25-16-26-21/h2-5,10,12,14-16,19-20H,6-9,11,13H2,1H3,(H,29,32). The summed E-state index contributed by atoms with van der Waals surface area (Å²) >= 11 is 0. The Morgan fingerprint density at radius 1 is 1.16 bits per heavy atom. The number of hydrogen-bond donors (Lipinski definition) is 1. The average Bonchev–Trinajstić information content (AvgIpc) is 3.43. The van der Waals surface area contributed by atoms with Crippen LogP contribution in [0.1, 0.15) is 44.0 Å². The average molecular weight is 430 g/mol. The quantitative estimate of drug-likeness (QED) is 0.505. The third kappa shape index (κ3) is 4.26. The van der Waals surface area contributed by atoms with E-state index >= 15 is 0 Å². The number of aryl methyl sites for hydroxylation is 2. The number of nitrogens with one attached hydrogen (secondary N) is 1. The molecule has 0 bridgehead atoms. The molecule has 32 heavy (non-hydrogen) atoms. The third-order valence-electron chi connectivity index (χ3n) is 6.32. The summed E-state index contributed by atoms with van der Waals surface area (Å²) in [6.07, 6.45) is 11.6. The summed E-state index contributed by atoms with van der Waals surface area (Å²) in [5.41, 5.74) is 3.95. The second-order valence-electron chi connectivity index (χ2n) is 8.43. The van der Waals surface area contributed by atoms with Crippen molar-refractivity contribution in [3.05, 3.63) is 61.1 Å². The van der Waals surface area contributed by atoms with Crippen molar-refractivity contribution >= 4 is 16.9 Å². The maximum Gasteiger partial charge on any atom is 0.222 e. The molecule has 164 valence electrons. The fourth-order valence-corrected chi connectivity index (χ4v) is 4.61. The van der Waals surface area contributed by atoms with Gasteiger partial charge in [0.1, 0.15) is 12.2 Å². The normalized spacial score (nSPS) is 18.7. The minimum atomic E-state index is 0.107. The number of imidazole rings is 1. The van der Waals surface area contributed by atoms with E-state index in [-0.39, 0.29) is 11.9 Å². The van der Waals surface area contributed by atoms with Gasteiger partial charge >= 0.3 is 0 Å². The number of hydrogen-bond acceptors (Lipinski definition) is 5. The van der Waals surface area contributed by atoms with Crippen LogP contribution in [0.15, 0.2) is 55.2 Å². The summed E-state index contributed by atoms with van der Waals surface area (Å²) in [5.74, 6) is 1.05. The largest absolute Gasteiger partial charge is 0.353 e. The van der Waals surface area contributed by atoms with Crippen molar-refractivity contribution in [3.8, 4) is 11.3 Å². The van der Waals surface area contributed by atoms with Crippen molar-refractivity contribution in [2.24, 2.45) is 0 Å². The summed E-state index contributed by atoms with van der Waals surface area (Å²) in [5, 5.41) is 7.79. The third-order valence-corrected chi connectivity index (χ3v) is 6.32. The molecule has 1 fully saturated rings. The van der Waals surface area contributed by atoms with Crippen LogP contribution in [0.2, 0.25) is 0 Å². The van der Waals surface area contributed by atoms with Gasteiger partial charge in [-0.2, -0.15) is 5.10 Å². The number of para-hydroxylation sites is 2. The molecule has 1 N–H and O–H groups in total. The van der Waals surface area contributed by atoms with Crippen LogP contribution in [-0.4, -0.2) is 41.2 Å². The molecule has 1 amide bonds. The van der Waals surface area contributed by atoms with Crippen molar-refractivity contribution in [1.82, 2.24) is 34.6 Å². The van der Waals surface area contributed by atoms with Gasteiger partial charge < -0.3 is 9.88 Å². The number of nitrogens with zero attached hydrogens (tertiary/aromatic N) is 6. The monoisotopic (exact) mass is 429 g/mol. The molecule has 0 atom stereocenters. The molecule has 0 spiro atoms. The number of benzene rings is 1. The Morgan fingerprint density at radius 2 is 2.00 bits per heavy atom. The lowest BCUT2D eigenvalue weighted by atomic mass is 9.91. The Bertz CT molecular complexity index is 1210. The van der Waals surface area contributed by atoms with E-state index in [1.807, 2.05) is 42.1 Å². The highest BCUT2D eigenvalue weighted by Gasteiger charge is 2.24. The summed E-state index contributed by atoms with van der Waals surface area (Å²) in [4.78, 5) is 25.4. The zero-order chi connectivity index (χ0) is 21.9. The van der Waals surface area contributed by atoms with Crippen molar-refractivity contribution in [2.75, 3.05) is 0 Å². The first-order chi connectivity index (χ1) is 15.7. The Balaban J connectivity index is 1.12. The number of rotatable bonds is 6. The number of carbonyl (C=O) groups is 1. The Kier molecular flexibility index (Phi) is 5.66. The maximum atomic E-state index is 12.6. The molecule has 3 aromatic heterocycles. The Morgan fingerprint density at radius 3 is 2.81 bits per heavy atom. The van der Waals surface area contributed by atoms with E-state index in [4.69, 9.17) is 0 Å². The van der Waals surface area contributed by atoms with Gasteiger partial charge in [-0.05, 0) is 50.8 Å². The van der Waals surface area contributed by atoms with E-state index in [1.54, 1.807) is 12.5 Å². The lowest BCUT2D eigenvalue weighted by Gasteiger charge is -2.29. The van der Waals surface area contributed by atoms with Crippen LogP contribution in [-0.2, 0) is 11.3 Å². The molecule has 0 aliphatic heterocycles. The highest BCUT2D eigenvalue weighted by Crippen LogP contribution is 2.29. The van der Waals surface area contributed by atoms with Crippen molar-refractivity contribution in [3.63, 3.8) is 0 Å². The predicted octanol–water partition coefficient (Wildman–Crippen LogP) is 3.69. The van der Waals surface area contributed by atoms with Gasteiger partial charge in [0.25, 0.3) is 0 Å². The van der Waals surface area contributed by atoms with Crippen LogP contribution in [0.5, 0.6) is 0 Å². The van der Waals surface area contributed by atoms with E-state index < -0.39 is 0 Å². The molecule has 5 rings (SSSR count). The molecule has 0 saturated heterocycles. The number of amides is 1. The Labute approximate surface area is 186 Å². The second kappa shape index (κ2) is 8.90. The first-order valence-corrected chi connectivity index (χ1v) is 11.2. The van der Waals surface area contributed by atoms with Gasteiger partial charge in [-0.3, -0.25) is 9.48 Å². The molecule has 8 heteroatoms. The van der Waals surface area contributed by atoms with Crippen molar-refractivity contribution in [1.29, 1.82) is 0 Å². The lowest BCUT2D eigenvalue weighted by molar-refractivity contribution is -0.122. The van der Waals surface area contributed by atoms with Gasteiger partial charge in [-0.25, -0.2) is 15.0 Å². The summed E-state index contributed by atoms with van der Waals surface area (Å²) in [6, 6.07) is 10.5. The summed E-state index contributed by atoms with van der Waals surface area (Å²) in [7, 11) is 0. The first-order valence-electron chi connectivity index (χ1n) is 11.2. The molecule has 8 nitrogen and oxygen atoms in total. The second-order valence-corrected chi connectivity index (χ2v) is 8.43. The topological polar surface area (TPSA) is 90.5 Å². The number of carbonyl (C=O) groups excluding carboxylic acids is 1. The van der Waals surface area contributed by atoms with Crippen molar-refractivity contribution < 1.29 is 4.79 Å². The molecule has 0 unspecified atom stereocenters. The zero-order valence-corrected chi connectivity index (χ0v) is 18.2. The molecule has 1 aliphatic carbocycles. The number of aromatic nitrogens is 6. The van der Waals surface area contributed by atoms with Gasteiger partial charge in [0.2, 0.25) is 5.91 Å². The molecule has 4 aromatic rings. The highest BCUT2D eigenvalue weighted by molar-refractivity contribution is 5.78. The van der Waals surface area contributed by atoms with E-state index in [0.29, 0.717) is 19.0 Å². The van der Waals surface area contributed by atoms with Crippen LogP contribution >= 0.6 is 0 Å². The minimum Gasteiger partial charge on any atom is -0.353 e. The van der Waals surface area contributed by atoms with Crippen LogP contribution < -0.4 is 5.32 Å². The van der Waals surface area contributed by atoms with Crippen LogP contribution in [0, 0.1) is 6.92 Å². The van der Waals surface area contributed by atoms with Gasteiger partial charge in [-0.15, -0.1) is 0 Å². The van der Waals surface area contributed by atoms with Crippen LogP contribution in [0.25, 0.3) is 22.3 Å². The van der Waals surface area contributed by atoms with Gasteiger partial charge in [0.15, 0.2) is 0 Å². The predicted molar refractivity (Wildman–Crippen MR) is 122 cm³/mol. The Hall–Kier alpha value is -3.55. The maximum absolute atomic E-state index is 12.6. The fraction of sp³-hybridized carbons (Fsp3) is 0.375. The molecular formula is C24H27N7O. The lowest BCUT2D eigenvalue weighted by Crippen LogP contribution is -2.38. The fourth-order valence-electron chi connectivity index (χ4n) is 4.61. The van der Waals surface area contributed by atoms with Gasteiger partial charge in [-0.1, -0.05) is 12.1 Å².